The van der Waals surface area contributed by atoms with E-state index in [9.17, 15) is 0 Å². The zero-order valence-electron chi connectivity index (χ0n) is 16.9. The molecule has 0 fully saturated rings. The summed E-state index contributed by atoms with van der Waals surface area (Å²) in [4.78, 5) is 1.28. The van der Waals surface area contributed by atoms with Crippen molar-refractivity contribution in [1.29, 1.82) is 0 Å². The summed E-state index contributed by atoms with van der Waals surface area (Å²) < 4.78 is 11.2. The molecule has 2 atom stereocenters. The van der Waals surface area contributed by atoms with Crippen LogP contribution in [0.3, 0.4) is 0 Å². The van der Waals surface area contributed by atoms with Crippen LogP contribution in [0.15, 0.2) is 47.4 Å². The minimum absolute atomic E-state index is 0.126. The van der Waals surface area contributed by atoms with Crippen molar-refractivity contribution >= 4 is 11.8 Å². The van der Waals surface area contributed by atoms with E-state index < -0.39 is 0 Å². The summed E-state index contributed by atoms with van der Waals surface area (Å²) in [6.45, 7) is 4.58. The smallest absolute Gasteiger partial charge is 0.161 e. The lowest BCUT2D eigenvalue weighted by Crippen LogP contribution is -2.48. The van der Waals surface area contributed by atoms with Crippen LogP contribution in [-0.4, -0.2) is 25.5 Å². The van der Waals surface area contributed by atoms with Crippen molar-refractivity contribution in [2.24, 2.45) is 0 Å². The van der Waals surface area contributed by atoms with E-state index in [-0.39, 0.29) is 11.6 Å². The first kappa shape index (κ1) is 20.1. The molecule has 1 heterocycles. The Kier molecular flexibility index (Phi) is 6.72. The number of rotatable bonds is 7. The summed E-state index contributed by atoms with van der Waals surface area (Å²) in [5, 5.41) is 4.06. The van der Waals surface area contributed by atoms with E-state index >= 15 is 0 Å². The third kappa shape index (κ3) is 4.27. The largest absolute Gasteiger partial charge is 0.493 e. The van der Waals surface area contributed by atoms with Crippen molar-refractivity contribution in [3.05, 3.63) is 53.6 Å². The topological polar surface area (TPSA) is 30.5 Å². The van der Waals surface area contributed by atoms with Gasteiger partial charge in [0.1, 0.15) is 0 Å². The van der Waals surface area contributed by atoms with E-state index in [1.165, 1.54) is 35.3 Å². The molecule has 0 spiro atoms. The van der Waals surface area contributed by atoms with Crippen molar-refractivity contribution in [3.8, 4) is 11.5 Å². The molecule has 0 saturated heterocycles. The van der Waals surface area contributed by atoms with E-state index in [1.54, 1.807) is 14.2 Å². The first-order chi connectivity index (χ1) is 13.2. The number of ether oxygens (including phenoxy) is 2. The van der Waals surface area contributed by atoms with E-state index in [0.717, 1.165) is 23.7 Å². The minimum Gasteiger partial charge on any atom is -0.493 e. The summed E-state index contributed by atoms with van der Waals surface area (Å²) in [6.07, 6.45) is 4.77. The molecule has 0 radical (unpaired) electrons. The Morgan fingerprint density at radius 3 is 2.41 bits per heavy atom. The maximum absolute atomic E-state index is 5.61. The summed E-state index contributed by atoms with van der Waals surface area (Å²) in [6, 6.07) is 15.2. The third-order valence-electron chi connectivity index (χ3n) is 5.60. The molecule has 146 valence electrons. The predicted octanol–water partition coefficient (Wildman–Crippen LogP) is 5.83. The van der Waals surface area contributed by atoms with Crippen molar-refractivity contribution in [3.63, 3.8) is 0 Å². The second kappa shape index (κ2) is 9.03. The molecule has 3 rings (SSSR count). The SMILES string of the molecule is CCCC[C@]1(CC)CSc2cc(OC)c(OC)cc2[C@H](c2ccccc2)N1. The number of methoxy groups -OCH3 is 2. The number of thioether (sulfide) groups is 1. The van der Waals surface area contributed by atoms with Crippen LogP contribution in [0.25, 0.3) is 0 Å². The van der Waals surface area contributed by atoms with Crippen LogP contribution in [0.4, 0.5) is 0 Å². The number of hydrogen-bond donors (Lipinski definition) is 1. The lowest BCUT2D eigenvalue weighted by molar-refractivity contribution is 0.297. The second-order valence-electron chi connectivity index (χ2n) is 7.26. The zero-order chi connectivity index (χ0) is 19.3. The number of fused-ring (bicyclic) bond motifs is 1. The van der Waals surface area contributed by atoms with Gasteiger partial charge in [-0.2, -0.15) is 0 Å². The molecule has 0 aliphatic carbocycles. The minimum atomic E-state index is 0.126. The van der Waals surface area contributed by atoms with E-state index in [2.05, 4.69) is 61.6 Å². The highest BCUT2D eigenvalue weighted by Crippen LogP contribution is 2.45. The highest BCUT2D eigenvalue weighted by Gasteiger charge is 2.36. The molecule has 3 nitrogen and oxygen atoms in total. The van der Waals surface area contributed by atoms with Gasteiger partial charge in [0.05, 0.1) is 20.3 Å². The van der Waals surface area contributed by atoms with Crippen molar-refractivity contribution in [2.45, 2.75) is 56.0 Å². The lowest BCUT2D eigenvalue weighted by Gasteiger charge is -2.36. The van der Waals surface area contributed by atoms with E-state index in [1.807, 2.05) is 11.8 Å². The molecule has 0 amide bonds. The normalized spacial score (nSPS) is 22.0. The van der Waals surface area contributed by atoms with Crippen LogP contribution in [0, 0.1) is 0 Å². The van der Waals surface area contributed by atoms with Crippen LogP contribution >= 0.6 is 11.8 Å². The highest BCUT2D eigenvalue weighted by molar-refractivity contribution is 7.99. The van der Waals surface area contributed by atoms with Gasteiger partial charge in [-0.05, 0) is 36.1 Å². The quantitative estimate of drug-likeness (QED) is 0.650. The fourth-order valence-corrected chi connectivity index (χ4v) is 5.21. The van der Waals surface area contributed by atoms with Gasteiger partial charge in [-0.3, -0.25) is 5.32 Å². The summed E-state index contributed by atoms with van der Waals surface area (Å²) in [5.41, 5.74) is 2.69. The first-order valence-electron chi connectivity index (χ1n) is 9.87. The molecule has 4 heteroatoms. The molecule has 0 bridgehead atoms. The Labute approximate surface area is 167 Å². The summed E-state index contributed by atoms with van der Waals surface area (Å²) in [5.74, 6) is 2.65. The molecule has 1 N–H and O–H groups in total. The number of hydrogen-bond acceptors (Lipinski definition) is 4. The number of nitrogens with one attached hydrogen (secondary N) is 1. The van der Waals surface area contributed by atoms with Gasteiger partial charge in [-0.25, -0.2) is 0 Å². The summed E-state index contributed by atoms with van der Waals surface area (Å²) in [7, 11) is 3.41. The molecule has 0 saturated carbocycles. The van der Waals surface area contributed by atoms with Gasteiger partial charge in [-0.15, -0.1) is 11.8 Å². The molecule has 1 aliphatic rings. The zero-order valence-corrected chi connectivity index (χ0v) is 17.7. The maximum Gasteiger partial charge on any atom is 0.161 e. The second-order valence-corrected chi connectivity index (χ2v) is 8.28. The highest BCUT2D eigenvalue weighted by atomic mass is 32.2. The number of unbranched alkanes of at least 4 members (excludes halogenated alkanes) is 1. The Morgan fingerprint density at radius 2 is 1.78 bits per heavy atom. The predicted molar refractivity (Wildman–Crippen MR) is 114 cm³/mol. The number of benzene rings is 2. The average Bonchev–Trinajstić information content (AvgIpc) is 2.89. The molecular formula is C23H31NO2S. The van der Waals surface area contributed by atoms with Crippen LogP contribution in [-0.2, 0) is 0 Å². The monoisotopic (exact) mass is 385 g/mol. The molecular weight excluding hydrogens is 354 g/mol. The Morgan fingerprint density at radius 1 is 1.07 bits per heavy atom. The van der Waals surface area contributed by atoms with Gasteiger partial charge in [0.2, 0.25) is 0 Å². The molecule has 2 aromatic carbocycles. The molecule has 2 aromatic rings. The van der Waals surface area contributed by atoms with Crippen LogP contribution in [0.2, 0.25) is 0 Å². The molecule has 0 aromatic heterocycles. The van der Waals surface area contributed by atoms with Gasteiger partial charge in [0.25, 0.3) is 0 Å². The first-order valence-corrected chi connectivity index (χ1v) is 10.9. The average molecular weight is 386 g/mol. The van der Waals surface area contributed by atoms with Gasteiger partial charge < -0.3 is 9.47 Å². The van der Waals surface area contributed by atoms with Crippen molar-refractivity contribution in [2.75, 3.05) is 20.0 Å². The van der Waals surface area contributed by atoms with Crippen LogP contribution in [0.1, 0.15) is 56.7 Å². The van der Waals surface area contributed by atoms with Gasteiger partial charge in [-0.1, -0.05) is 57.0 Å². The fourth-order valence-electron chi connectivity index (χ4n) is 3.82. The van der Waals surface area contributed by atoms with Gasteiger partial charge >= 0.3 is 0 Å². The van der Waals surface area contributed by atoms with Crippen LogP contribution in [0.5, 0.6) is 11.5 Å². The summed E-state index contributed by atoms with van der Waals surface area (Å²) >= 11 is 1.94. The lowest BCUT2D eigenvalue weighted by atomic mass is 9.88. The van der Waals surface area contributed by atoms with Gasteiger partial charge in [0.15, 0.2) is 11.5 Å². The molecule has 27 heavy (non-hydrogen) atoms. The Hall–Kier alpha value is -1.65. The van der Waals surface area contributed by atoms with E-state index in [0.29, 0.717) is 0 Å². The Bertz CT molecular complexity index is 750. The molecule has 1 aliphatic heterocycles. The van der Waals surface area contributed by atoms with E-state index in [4.69, 9.17) is 9.47 Å². The van der Waals surface area contributed by atoms with Crippen molar-refractivity contribution < 1.29 is 9.47 Å². The third-order valence-corrected chi connectivity index (χ3v) is 6.96. The Balaban J connectivity index is 2.10. The maximum atomic E-state index is 5.61. The van der Waals surface area contributed by atoms with Crippen molar-refractivity contribution in [1.82, 2.24) is 5.32 Å². The standard InChI is InChI=1S/C23H31NO2S/c1-5-7-13-23(6-2)16-27-21-15-20(26-4)19(25-3)14-18(21)22(24-23)17-11-9-8-10-12-17/h8-12,14-15,22,24H,5-7,13,16H2,1-4H3/t22-,23+/m0/s1. The van der Waals surface area contributed by atoms with Gasteiger partial charge in [0, 0.05) is 16.2 Å². The van der Waals surface area contributed by atoms with Crippen LogP contribution < -0.4 is 14.8 Å². The fraction of sp³-hybridized carbons (Fsp3) is 0.478. The molecule has 0 unspecified atom stereocenters.